The molecule has 1 aromatic heterocycles. The van der Waals surface area contributed by atoms with E-state index in [1.165, 1.54) is 6.07 Å². The van der Waals surface area contributed by atoms with Gasteiger partial charge in [-0.25, -0.2) is 13.8 Å². The number of nitriles is 1. The normalized spacial score (nSPS) is 10.3. The fourth-order valence-electron chi connectivity index (χ4n) is 0.921. The van der Waals surface area contributed by atoms with E-state index in [9.17, 15) is 8.78 Å². The molecule has 2 nitrogen and oxygen atoms in total. The van der Waals surface area contributed by atoms with Crippen molar-refractivity contribution in [3.63, 3.8) is 0 Å². The lowest BCUT2D eigenvalue weighted by Gasteiger charge is -2.05. The average molecular weight is 328 g/mol. The Labute approximate surface area is 98.0 Å². The number of hydrogen-bond acceptors (Lipinski definition) is 2. The van der Waals surface area contributed by atoms with E-state index in [0.29, 0.717) is 9.26 Å². The molecule has 1 heterocycles. The number of aromatic nitrogens is 1. The van der Waals surface area contributed by atoms with Crippen molar-refractivity contribution in [2.45, 2.75) is 12.3 Å². The van der Waals surface area contributed by atoms with Gasteiger partial charge < -0.3 is 0 Å². The molecule has 0 unspecified atom stereocenters. The van der Waals surface area contributed by atoms with Gasteiger partial charge in [0.2, 0.25) is 0 Å². The number of halogens is 4. The van der Waals surface area contributed by atoms with Crippen molar-refractivity contribution < 1.29 is 8.78 Å². The van der Waals surface area contributed by atoms with E-state index in [-0.39, 0.29) is 11.4 Å². The third-order valence-corrected chi connectivity index (χ3v) is 2.63. The molecule has 0 saturated heterocycles. The number of nitrogens with zero attached hydrogens (tertiary/aromatic N) is 2. The maximum atomic E-state index is 12.5. The SMILES string of the molecule is N#Cc1c(I)cc(CCl)nc1C(F)F. The van der Waals surface area contributed by atoms with E-state index >= 15 is 0 Å². The van der Waals surface area contributed by atoms with Crippen LogP contribution in [0.5, 0.6) is 0 Å². The lowest BCUT2D eigenvalue weighted by molar-refractivity contribution is 0.145. The molecule has 74 valence electrons. The van der Waals surface area contributed by atoms with Crippen LogP contribution >= 0.6 is 34.2 Å². The van der Waals surface area contributed by atoms with Crippen molar-refractivity contribution in [3.8, 4) is 6.07 Å². The first-order valence-corrected chi connectivity index (χ1v) is 5.15. The van der Waals surface area contributed by atoms with Gasteiger partial charge >= 0.3 is 0 Å². The summed E-state index contributed by atoms with van der Waals surface area (Å²) in [5.41, 5.74) is -0.213. The number of hydrogen-bond donors (Lipinski definition) is 0. The average Bonchev–Trinajstić information content (AvgIpc) is 2.16. The highest BCUT2D eigenvalue weighted by molar-refractivity contribution is 14.1. The van der Waals surface area contributed by atoms with Crippen molar-refractivity contribution in [2.75, 3.05) is 0 Å². The predicted molar refractivity (Wildman–Crippen MR) is 56.2 cm³/mol. The zero-order valence-corrected chi connectivity index (χ0v) is 9.68. The van der Waals surface area contributed by atoms with Crippen LogP contribution in [0.1, 0.15) is 23.4 Å². The molecule has 0 bridgehead atoms. The number of rotatable bonds is 2. The van der Waals surface area contributed by atoms with Gasteiger partial charge in [0.1, 0.15) is 11.8 Å². The van der Waals surface area contributed by atoms with Gasteiger partial charge in [0.25, 0.3) is 6.43 Å². The molecule has 1 rings (SSSR count). The minimum Gasteiger partial charge on any atom is -0.249 e. The maximum Gasteiger partial charge on any atom is 0.281 e. The van der Waals surface area contributed by atoms with Crippen molar-refractivity contribution in [2.24, 2.45) is 0 Å². The molecule has 0 aliphatic rings. The monoisotopic (exact) mass is 328 g/mol. The molecule has 1 aromatic rings. The second-order valence-corrected chi connectivity index (χ2v) is 3.83. The molecule has 6 heteroatoms. The van der Waals surface area contributed by atoms with E-state index < -0.39 is 12.1 Å². The summed E-state index contributed by atoms with van der Waals surface area (Å²) in [7, 11) is 0. The summed E-state index contributed by atoms with van der Waals surface area (Å²) in [6, 6.07) is 3.23. The zero-order chi connectivity index (χ0) is 10.7. The Morgan fingerprint density at radius 2 is 2.29 bits per heavy atom. The van der Waals surface area contributed by atoms with Crippen molar-refractivity contribution in [1.29, 1.82) is 5.26 Å². The standard InChI is InChI=1S/C8H4ClF2IN2/c9-2-4-1-6(12)5(3-13)7(14-4)8(10)11/h1,8H,2H2. The molecule has 0 fully saturated rings. The molecule has 0 atom stereocenters. The molecule has 0 radical (unpaired) electrons. The summed E-state index contributed by atoms with van der Waals surface area (Å²) in [6.45, 7) is 0. The van der Waals surface area contributed by atoms with Crippen molar-refractivity contribution >= 4 is 34.2 Å². The van der Waals surface area contributed by atoms with Crippen LogP contribution in [0.15, 0.2) is 6.07 Å². The summed E-state index contributed by atoms with van der Waals surface area (Å²) >= 11 is 7.29. The fraction of sp³-hybridized carbons (Fsp3) is 0.250. The molecule has 0 spiro atoms. The molecular formula is C8H4ClF2IN2. The predicted octanol–water partition coefficient (Wildman–Crippen LogP) is 3.23. The highest BCUT2D eigenvalue weighted by atomic mass is 127. The first-order valence-electron chi connectivity index (χ1n) is 3.53. The summed E-state index contributed by atoms with van der Waals surface area (Å²) in [5, 5.41) is 8.65. The van der Waals surface area contributed by atoms with Gasteiger partial charge in [0, 0.05) is 3.57 Å². The second kappa shape index (κ2) is 4.84. The molecular weight excluding hydrogens is 324 g/mol. The van der Waals surface area contributed by atoms with E-state index in [2.05, 4.69) is 4.98 Å². The van der Waals surface area contributed by atoms with Crippen LogP contribution in [0, 0.1) is 14.9 Å². The zero-order valence-electron chi connectivity index (χ0n) is 6.77. The molecule has 0 aliphatic heterocycles. The van der Waals surface area contributed by atoms with Crippen LogP contribution in [0.2, 0.25) is 0 Å². The minimum atomic E-state index is -2.75. The van der Waals surface area contributed by atoms with Crippen molar-refractivity contribution in [3.05, 3.63) is 26.6 Å². The molecule has 0 aliphatic carbocycles. The molecule has 0 saturated carbocycles. The van der Waals surface area contributed by atoms with Crippen molar-refractivity contribution in [1.82, 2.24) is 4.98 Å². The highest BCUT2D eigenvalue weighted by Gasteiger charge is 2.18. The maximum absolute atomic E-state index is 12.5. The van der Waals surface area contributed by atoms with Gasteiger partial charge in [-0.3, -0.25) is 0 Å². The van der Waals surface area contributed by atoms with Gasteiger partial charge in [0.05, 0.1) is 17.1 Å². The number of pyridine rings is 1. The third-order valence-electron chi connectivity index (χ3n) is 1.51. The molecule has 0 N–H and O–H groups in total. The largest absolute Gasteiger partial charge is 0.281 e. The summed E-state index contributed by atoms with van der Waals surface area (Å²) in [4.78, 5) is 3.61. The van der Waals surface area contributed by atoms with Crippen LogP contribution in [0.3, 0.4) is 0 Å². The van der Waals surface area contributed by atoms with E-state index in [1.807, 2.05) is 22.6 Å². The second-order valence-electron chi connectivity index (χ2n) is 2.40. The van der Waals surface area contributed by atoms with Gasteiger partial charge in [-0.1, -0.05) is 0 Å². The van der Waals surface area contributed by atoms with Gasteiger partial charge in [-0.15, -0.1) is 11.6 Å². The smallest absolute Gasteiger partial charge is 0.249 e. The summed E-state index contributed by atoms with van der Waals surface area (Å²) in [5.74, 6) is 0.0570. The van der Waals surface area contributed by atoms with Crippen LogP contribution in [-0.2, 0) is 5.88 Å². The summed E-state index contributed by atoms with van der Waals surface area (Å²) in [6.07, 6.45) is -2.75. The first kappa shape index (κ1) is 11.6. The van der Waals surface area contributed by atoms with Gasteiger partial charge in [0.15, 0.2) is 0 Å². The topological polar surface area (TPSA) is 36.7 Å². The van der Waals surface area contributed by atoms with Crippen LogP contribution in [0.4, 0.5) is 8.78 Å². The Morgan fingerprint density at radius 3 is 2.71 bits per heavy atom. The lowest BCUT2D eigenvalue weighted by Crippen LogP contribution is -2.01. The Bertz CT molecular complexity index is 390. The molecule has 0 aromatic carbocycles. The fourth-order valence-corrected chi connectivity index (χ4v) is 1.81. The summed E-state index contributed by atoms with van der Waals surface area (Å²) < 4.78 is 25.4. The van der Waals surface area contributed by atoms with Crippen LogP contribution in [-0.4, -0.2) is 4.98 Å². The quantitative estimate of drug-likeness (QED) is 0.617. The van der Waals surface area contributed by atoms with E-state index in [4.69, 9.17) is 16.9 Å². The Kier molecular flexibility index (Phi) is 4.01. The van der Waals surface area contributed by atoms with Crippen LogP contribution in [0.25, 0.3) is 0 Å². The van der Waals surface area contributed by atoms with Gasteiger partial charge in [-0.05, 0) is 28.7 Å². The minimum absolute atomic E-state index is 0.0570. The molecule has 0 amide bonds. The lowest BCUT2D eigenvalue weighted by atomic mass is 10.2. The Morgan fingerprint density at radius 1 is 1.64 bits per heavy atom. The number of alkyl halides is 3. The van der Waals surface area contributed by atoms with Gasteiger partial charge in [-0.2, -0.15) is 5.26 Å². The highest BCUT2D eigenvalue weighted by Crippen LogP contribution is 2.25. The Hall–Kier alpha value is -0.480. The Balaban J connectivity index is 3.37. The third kappa shape index (κ3) is 2.30. The van der Waals surface area contributed by atoms with E-state index in [0.717, 1.165) is 0 Å². The van der Waals surface area contributed by atoms with Crippen LogP contribution < -0.4 is 0 Å². The first-order chi connectivity index (χ1) is 6.60. The van der Waals surface area contributed by atoms with E-state index in [1.54, 1.807) is 6.07 Å². The molecule has 14 heavy (non-hydrogen) atoms.